The van der Waals surface area contributed by atoms with E-state index in [1.807, 2.05) is 30.8 Å². The van der Waals surface area contributed by atoms with Crippen LogP contribution in [0.15, 0.2) is 18.3 Å². The Bertz CT molecular complexity index is 675. The molecule has 0 spiro atoms. The van der Waals surface area contributed by atoms with Crippen LogP contribution in [0.25, 0.3) is 0 Å². The normalized spacial score (nSPS) is 15.0. The van der Waals surface area contributed by atoms with Crippen molar-refractivity contribution in [3.8, 4) is 5.88 Å². The number of pyridine rings is 1. The van der Waals surface area contributed by atoms with Crippen molar-refractivity contribution in [3.05, 3.63) is 40.8 Å². The zero-order chi connectivity index (χ0) is 17.6. The molecule has 6 nitrogen and oxygen atoms in total. The van der Waals surface area contributed by atoms with Gasteiger partial charge in [0.05, 0.1) is 18.8 Å². The predicted molar refractivity (Wildman–Crippen MR) is 96.5 cm³/mol. The minimum atomic E-state index is 0.107. The Morgan fingerprint density at radius 3 is 2.72 bits per heavy atom. The van der Waals surface area contributed by atoms with Crippen LogP contribution in [0, 0.1) is 13.8 Å². The second-order valence-corrected chi connectivity index (χ2v) is 6.73. The number of ether oxygens (including phenoxy) is 1. The lowest BCUT2D eigenvalue weighted by molar-refractivity contribution is 0.201. The quantitative estimate of drug-likeness (QED) is 0.770. The number of nitrogens with zero attached hydrogens (tertiary/aromatic N) is 3. The number of nitrogens with one attached hydrogen (secondary N) is 1. The van der Waals surface area contributed by atoms with Crippen LogP contribution in [0.5, 0.6) is 5.88 Å². The fourth-order valence-corrected chi connectivity index (χ4v) is 3.40. The van der Waals surface area contributed by atoms with Crippen LogP contribution < -0.4 is 10.1 Å². The van der Waals surface area contributed by atoms with Crippen LogP contribution in [0.2, 0.25) is 0 Å². The van der Waals surface area contributed by atoms with Crippen LogP contribution in [0.4, 0.5) is 0 Å². The molecular formula is C19H28N4O2. The van der Waals surface area contributed by atoms with Crippen molar-refractivity contribution in [2.45, 2.75) is 65.3 Å². The molecule has 2 heterocycles. The van der Waals surface area contributed by atoms with Crippen molar-refractivity contribution in [3.63, 3.8) is 0 Å². The van der Waals surface area contributed by atoms with Crippen molar-refractivity contribution < 1.29 is 9.84 Å². The smallest absolute Gasteiger partial charge is 0.213 e. The lowest BCUT2D eigenvalue weighted by Crippen LogP contribution is -2.15. The van der Waals surface area contributed by atoms with Crippen LogP contribution in [-0.2, 0) is 19.6 Å². The molecule has 2 aromatic heterocycles. The van der Waals surface area contributed by atoms with Crippen molar-refractivity contribution in [2.75, 3.05) is 6.61 Å². The monoisotopic (exact) mass is 344 g/mol. The third kappa shape index (κ3) is 4.58. The summed E-state index contributed by atoms with van der Waals surface area (Å²) in [5, 5.41) is 17.0. The average molecular weight is 344 g/mol. The summed E-state index contributed by atoms with van der Waals surface area (Å²) < 4.78 is 7.76. The van der Waals surface area contributed by atoms with Crippen molar-refractivity contribution >= 4 is 0 Å². The van der Waals surface area contributed by atoms with Gasteiger partial charge in [0.1, 0.15) is 6.10 Å². The molecule has 1 aliphatic carbocycles. The van der Waals surface area contributed by atoms with Gasteiger partial charge in [0.2, 0.25) is 5.88 Å². The summed E-state index contributed by atoms with van der Waals surface area (Å²) in [5.74, 6) is 0.729. The molecule has 2 aromatic rings. The molecule has 1 saturated carbocycles. The van der Waals surface area contributed by atoms with Crippen molar-refractivity contribution in [1.82, 2.24) is 20.1 Å². The summed E-state index contributed by atoms with van der Waals surface area (Å²) in [6.07, 6.45) is 7.05. The molecule has 0 aromatic carbocycles. The summed E-state index contributed by atoms with van der Waals surface area (Å²) in [6.45, 7) is 6.21. The maximum Gasteiger partial charge on any atom is 0.213 e. The van der Waals surface area contributed by atoms with Gasteiger partial charge in [0.25, 0.3) is 0 Å². The van der Waals surface area contributed by atoms with Crippen LogP contribution in [0.3, 0.4) is 0 Å². The van der Waals surface area contributed by atoms with E-state index in [-0.39, 0.29) is 6.61 Å². The van der Waals surface area contributed by atoms with Gasteiger partial charge in [-0.3, -0.25) is 4.68 Å². The molecule has 3 rings (SSSR count). The third-order valence-electron chi connectivity index (χ3n) is 4.86. The minimum absolute atomic E-state index is 0.107. The molecular weight excluding hydrogens is 316 g/mol. The van der Waals surface area contributed by atoms with E-state index in [2.05, 4.69) is 21.5 Å². The Hall–Kier alpha value is -1.92. The highest BCUT2D eigenvalue weighted by atomic mass is 16.5. The molecule has 6 heteroatoms. The lowest BCUT2D eigenvalue weighted by Gasteiger charge is -2.12. The van der Waals surface area contributed by atoms with E-state index in [0.29, 0.717) is 12.6 Å². The molecule has 0 unspecified atom stereocenters. The first kappa shape index (κ1) is 17.9. The zero-order valence-electron chi connectivity index (χ0n) is 15.2. The molecule has 25 heavy (non-hydrogen) atoms. The van der Waals surface area contributed by atoms with Crippen LogP contribution >= 0.6 is 0 Å². The van der Waals surface area contributed by atoms with Gasteiger partial charge in [0, 0.05) is 36.6 Å². The zero-order valence-corrected chi connectivity index (χ0v) is 15.2. The Morgan fingerprint density at radius 2 is 2.04 bits per heavy atom. The van der Waals surface area contributed by atoms with Gasteiger partial charge < -0.3 is 15.2 Å². The summed E-state index contributed by atoms with van der Waals surface area (Å²) >= 11 is 0. The highest BCUT2D eigenvalue weighted by Crippen LogP contribution is 2.22. The molecule has 0 bridgehead atoms. The molecule has 136 valence electrons. The maximum atomic E-state index is 9.09. The summed E-state index contributed by atoms with van der Waals surface area (Å²) in [5.41, 5.74) is 4.45. The van der Waals surface area contributed by atoms with E-state index >= 15 is 0 Å². The van der Waals surface area contributed by atoms with Crippen LogP contribution in [-0.4, -0.2) is 32.6 Å². The SMILES string of the molecule is Cc1nn(CCO)c(C)c1CNCc1ccc(OC2CCCC2)nc1. The van der Waals surface area contributed by atoms with E-state index in [4.69, 9.17) is 9.84 Å². The third-order valence-corrected chi connectivity index (χ3v) is 4.86. The standard InChI is InChI=1S/C19H28N4O2/c1-14-18(15(2)23(22-14)9-10-24)13-20-11-16-7-8-19(21-12-16)25-17-5-3-4-6-17/h7-8,12,17,20,24H,3-6,9-11,13H2,1-2H3. The summed E-state index contributed by atoms with van der Waals surface area (Å²) in [4.78, 5) is 4.42. The van der Waals surface area contributed by atoms with E-state index in [9.17, 15) is 0 Å². The number of hydrogen-bond donors (Lipinski definition) is 2. The average Bonchev–Trinajstić information content (AvgIpc) is 3.20. The number of rotatable bonds is 8. The Labute approximate surface area is 149 Å². The number of aromatic nitrogens is 3. The van der Waals surface area contributed by atoms with Gasteiger partial charge in [0.15, 0.2) is 0 Å². The Balaban J connectivity index is 1.50. The van der Waals surface area contributed by atoms with Crippen LogP contribution in [0.1, 0.15) is 48.2 Å². The second kappa shape index (κ2) is 8.45. The molecule has 2 N–H and O–H groups in total. The van der Waals surface area contributed by atoms with Crippen molar-refractivity contribution in [1.29, 1.82) is 0 Å². The van der Waals surface area contributed by atoms with Gasteiger partial charge in [-0.25, -0.2) is 4.98 Å². The fourth-order valence-electron chi connectivity index (χ4n) is 3.40. The van der Waals surface area contributed by atoms with Gasteiger partial charge >= 0.3 is 0 Å². The van der Waals surface area contributed by atoms with Crippen molar-refractivity contribution in [2.24, 2.45) is 0 Å². The van der Waals surface area contributed by atoms with E-state index in [1.165, 1.54) is 18.4 Å². The predicted octanol–water partition coefficient (Wildman–Crippen LogP) is 2.50. The molecule has 0 saturated heterocycles. The van der Waals surface area contributed by atoms with Gasteiger partial charge in [-0.05, 0) is 45.1 Å². The molecule has 1 fully saturated rings. The van der Waals surface area contributed by atoms with E-state index in [1.54, 1.807) is 0 Å². The first-order valence-corrected chi connectivity index (χ1v) is 9.13. The second-order valence-electron chi connectivity index (χ2n) is 6.73. The Morgan fingerprint density at radius 1 is 1.24 bits per heavy atom. The lowest BCUT2D eigenvalue weighted by atomic mass is 10.2. The maximum absolute atomic E-state index is 9.09. The molecule has 0 radical (unpaired) electrons. The number of aliphatic hydroxyl groups is 1. The molecule has 1 aliphatic rings. The highest BCUT2D eigenvalue weighted by molar-refractivity contribution is 5.24. The van der Waals surface area contributed by atoms with Gasteiger partial charge in [-0.1, -0.05) is 6.07 Å². The first-order chi connectivity index (χ1) is 12.2. The van der Waals surface area contributed by atoms with Gasteiger partial charge in [-0.15, -0.1) is 0 Å². The van der Waals surface area contributed by atoms with E-state index < -0.39 is 0 Å². The number of aryl methyl sites for hydroxylation is 1. The highest BCUT2D eigenvalue weighted by Gasteiger charge is 2.16. The summed E-state index contributed by atoms with van der Waals surface area (Å²) in [7, 11) is 0. The number of hydrogen-bond acceptors (Lipinski definition) is 5. The largest absolute Gasteiger partial charge is 0.474 e. The molecule has 0 atom stereocenters. The fraction of sp³-hybridized carbons (Fsp3) is 0.579. The summed E-state index contributed by atoms with van der Waals surface area (Å²) in [6, 6.07) is 4.03. The van der Waals surface area contributed by atoms with Gasteiger partial charge in [-0.2, -0.15) is 5.10 Å². The molecule has 0 amide bonds. The first-order valence-electron chi connectivity index (χ1n) is 9.13. The number of aliphatic hydroxyl groups excluding tert-OH is 1. The topological polar surface area (TPSA) is 72.2 Å². The molecule has 0 aliphatic heterocycles. The minimum Gasteiger partial charge on any atom is -0.474 e. The Kier molecular flexibility index (Phi) is 6.04. The van der Waals surface area contributed by atoms with E-state index in [0.717, 1.165) is 48.8 Å².